The van der Waals surface area contributed by atoms with E-state index in [2.05, 4.69) is 17.1 Å². The first-order valence-corrected chi connectivity index (χ1v) is 8.04. The van der Waals surface area contributed by atoms with Crippen molar-refractivity contribution >= 4 is 17.7 Å². The minimum absolute atomic E-state index is 0.369. The number of nitrogens with one attached hydrogen (secondary N) is 1. The number of hydrogen-bond donors (Lipinski definition) is 1. The van der Waals surface area contributed by atoms with Gasteiger partial charge >= 0.3 is 0 Å². The summed E-state index contributed by atoms with van der Waals surface area (Å²) in [5.74, 6) is 3.00. The molecule has 2 saturated heterocycles. The average molecular weight is 256 g/mol. The van der Waals surface area contributed by atoms with Gasteiger partial charge < -0.3 is 10.2 Å². The van der Waals surface area contributed by atoms with Crippen LogP contribution in [0.3, 0.4) is 0 Å². The van der Waals surface area contributed by atoms with Gasteiger partial charge in [-0.05, 0) is 50.4 Å². The molecular formula is C13H24N2OS. The van der Waals surface area contributed by atoms with Crippen molar-refractivity contribution in [3.63, 3.8) is 0 Å². The summed E-state index contributed by atoms with van der Waals surface area (Å²) in [6.45, 7) is 5.47. The summed E-state index contributed by atoms with van der Waals surface area (Å²) >= 11 is 1.82. The molecule has 2 aliphatic rings. The lowest BCUT2D eigenvalue weighted by Gasteiger charge is -2.35. The topological polar surface area (TPSA) is 32.3 Å². The van der Waals surface area contributed by atoms with E-state index in [4.69, 9.17) is 0 Å². The fraction of sp³-hybridized carbons (Fsp3) is 0.923. The van der Waals surface area contributed by atoms with Crippen LogP contribution in [-0.2, 0) is 4.79 Å². The van der Waals surface area contributed by atoms with Crippen molar-refractivity contribution in [1.82, 2.24) is 10.2 Å². The van der Waals surface area contributed by atoms with Crippen molar-refractivity contribution in [2.75, 3.05) is 31.1 Å². The Morgan fingerprint density at radius 1 is 1.41 bits per heavy atom. The minimum atomic E-state index is 0.369. The van der Waals surface area contributed by atoms with Crippen LogP contribution in [-0.4, -0.2) is 48.0 Å². The van der Waals surface area contributed by atoms with Crippen LogP contribution >= 0.6 is 11.8 Å². The van der Waals surface area contributed by atoms with E-state index < -0.39 is 0 Å². The van der Waals surface area contributed by atoms with Gasteiger partial charge in [-0.1, -0.05) is 6.92 Å². The molecule has 2 heterocycles. The molecule has 0 aromatic carbocycles. The summed E-state index contributed by atoms with van der Waals surface area (Å²) < 4.78 is 0. The molecular weight excluding hydrogens is 232 g/mol. The second kappa shape index (κ2) is 6.64. The highest BCUT2D eigenvalue weighted by Gasteiger charge is 2.25. The number of thioether (sulfide) groups is 1. The van der Waals surface area contributed by atoms with Gasteiger partial charge in [-0.2, -0.15) is 11.8 Å². The summed E-state index contributed by atoms with van der Waals surface area (Å²) in [6, 6.07) is 0.516. The lowest BCUT2D eigenvalue weighted by atomic mass is 10.0. The molecule has 17 heavy (non-hydrogen) atoms. The van der Waals surface area contributed by atoms with Gasteiger partial charge in [-0.25, -0.2) is 0 Å². The molecule has 2 aliphatic heterocycles. The number of likely N-dealkylation sites (tertiary alicyclic amines) is 1. The Hall–Kier alpha value is -0.220. The van der Waals surface area contributed by atoms with Gasteiger partial charge in [-0.3, -0.25) is 4.79 Å². The molecule has 2 fully saturated rings. The number of amides is 1. The molecule has 0 spiro atoms. The smallest absolute Gasteiger partial charge is 0.232 e. The fourth-order valence-electron chi connectivity index (χ4n) is 2.62. The monoisotopic (exact) mass is 256 g/mol. The predicted octanol–water partition coefficient (Wildman–Crippen LogP) is 1.73. The zero-order valence-corrected chi connectivity index (χ0v) is 11.6. The van der Waals surface area contributed by atoms with E-state index in [1.165, 1.54) is 19.3 Å². The third-order valence-corrected chi connectivity index (χ3v) is 5.02. The van der Waals surface area contributed by atoms with Gasteiger partial charge in [0.15, 0.2) is 0 Å². The summed E-state index contributed by atoms with van der Waals surface area (Å²) in [5, 5.41) is 3.27. The van der Waals surface area contributed by atoms with Crippen molar-refractivity contribution in [3.8, 4) is 0 Å². The van der Waals surface area contributed by atoms with Gasteiger partial charge in [0.1, 0.15) is 0 Å². The first-order chi connectivity index (χ1) is 8.31. The van der Waals surface area contributed by atoms with Gasteiger partial charge in [-0.15, -0.1) is 0 Å². The number of nitrogens with zero attached hydrogens (tertiary/aromatic N) is 1. The number of carbonyl (C=O) groups excluding carboxylic acids is 1. The van der Waals surface area contributed by atoms with Gasteiger partial charge in [0, 0.05) is 12.6 Å². The van der Waals surface area contributed by atoms with Crippen LogP contribution in [0.25, 0.3) is 0 Å². The molecule has 3 nitrogen and oxygen atoms in total. The van der Waals surface area contributed by atoms with E-state index in [9.17, 15) is 4.79 Å². The van der Waals surface area contributed by atoms with Crippen molar-refractivity contribution < 1.29 is 4.79 Å². The van der Waals surface area contributed by atoms with Crippen LogP contribution < -0.4 is 5.32 Å². The largest absolute Gasteiger partial charge is 0.339 e. The zero-order valence-electron chi connectivity index (χ0n) is 10.8. The van der Waals surface area contributed by atoms with Crippen LogP contribution in [0.2, 0.25) is 0 Å². The normalized spacial score (nSPS) is 25.7. The van der Waals surface area contributed by atoms with E-state index in [0.717, 1.165) is 37.7 Å². The molecule has 0 bridgehead atoms. The van der Waals surface area contributed by atoms with E-state index in [-0.39, 0.29) is 0 Å². The highest BCUT2D eigenvalue weighted by molar-refractivity contribution is 7.99. The molecule has 0 aromatic rings. The third kappa shape index (κ3) is 3.62. The molecule has 98 valence electrons. The van der Waals surface area contributed by atoms with E-state index in [1.54, 1.807) is 0 Å². The maximum absolute atomic E-state index is 12.1. The number of rotatable bonds is 5. The molecule has 4 heteroatoms. The predicted molar refractivity (Wildman–Crippen MR) is 73.3 cm³/mol. The summed E-state index contributed by atoms with van der Waals surface area (Å²) in [5.41, 5.74) is 0. The summed E-state index contributed by atoms with van der Waals surface area (Å²) in [6.07, 6.45) is 4.81. The van der Waals surface area contributed by atoms with Crippen LogP contribution in [0.4, 0.5) is 0 Å². The number of piperidine rings is 1. The maximum Gasteiger partial charge on any atom is 0.232 e. The van der Waals surface area contributed by atoms with Gasteiger partial charge in [0.25, 0.3) is 0 Å². The zero-order chi connectivity index (χ0) is 12.1. The molecule has 1 atom stereocenters. The first kappa shape index (κ1) is 13.2. The Morgan fingerprint density at radius 2 is 2.24 bits per heavy atom. The minimum Gasteiger partial charge on any atom is -0.339 e. The standard InChI is InChI=1S/C13H24N2OS/c1-2-12-5-3-4-6-15(12)13(16)10-17-9-11-7-14-8-11/h11-12,14H,2-10H2,1H3. The third-order valence-electron chi connectivity index (χ3n) is 3.86. The Labute approximate surface area is 109 Å². The number of carbonyl (C=O) groups is 1. The Morgan fingerprint density at radius 3 is 2.88 bits per heavy atom. The Bertz CT molecular complexity index is 256. The molecule has 0 saturated carbocycles. The maximum atomic E-state index is 12.1. The van der Waals surface area contributed by atoms with Crippen LogP contribution in [0.1, 0.15) is 32.6 Å². The SMILES string of the molecule is CCC1CCCCN1C(=O)CSCC1CNC1. The van der Waals surface area contributed by atoms with Crippen molar-refractivity contribution in [1.29, 1.82) is 0 Å². The van der Waals surface area contributed by atoms with E-state index in [0.29, 0.717) is 17.7 Å². The average Bonchev–Trinajstić information content (AvgIpc) is 2.32. The Kier molecular flexibility index (Phi) is 5.16. The fourth-order valence-corrected chi connectivity index (χ4v) is 3.64. The lowest BCUT2D eigenvalue weighted by molar-refractivity contribution is -0.132. The van der Waals surface area contributed by atoms with Crippen LogP contribution in [0.5, 0.6) is 0 Å². The summed E-state index contributed by atoms with van der Waals surface area (Å²) in [7, 11) is 0. The first-order valence-electron chi connectivity index (χ1n) is 6.89. The van der Waals surface area contributed by atoms with Crippen molar-refractivity contribution in [2.45, 2.75) is 38.6 Å². The molecule has 0 aliphatic carbocycles. The second-order valence-corrected chi connectivity index (χ2v) is 6.21. The van der Waals surface area contributed by atoms with Gasteiger partial charge in [0.2, 0.25) is 5.91 Å². The van der Waals surface area contributed by atoms with E-state index in [1.807, 2.05) is 11.8 Å². The summed E-state index contributed by atoms with van der Waals surface area (Å²) in [4.78, 5) is 14.3. The molecule has 1 unspecified atom stereocenters. The van der Waals surface area contributed by atoms with E-state index >= 15 is 0 Å². The molecule has 1 amide bonds. The van der Waals surface area contributed by atoms with Crippen molar-refractivity contribution in [3.05, 3.63) is 0 Å². The molecule has 2 rings (SSSR count). The van der Waals surface area contributed by atoms with Crippen LogP contribution in [0.15, 0.2) is 0 Å². The highest BCUT2D eigenvalue weighted by atomic mass is 32.2. The lowest BCUT2D eigenvalue weighted by Crippen LogP contribution is -2.45. The second-order valence-electron chi connectivity index (χ2n) is 5.18. The van der Waals surface area contributed by atoms with Gasteiger partial charge in [0.05, 0.1) is 5.75 Å². The molecule has 0 radical (unpaired) electrons. The quantitative estimate of drug-likeness (QED) is 0.813. The number of hydrogen-bond acceptors (Lipinski definition) is 3. The highest BCUT2D eigenvalue weighted by Crippen LogP contribution is 2.21. The molecule has 0 aromatic heterocycles. The molecule has 1 N–H and O–H groups in total. The van der Waals surface area contributed by atoms with Crippen LogP contribution in [0, 0.1) is 5.92 Å². The Balaban J connectivity index is 1.69. The van der Waals surface area contributed by atoms with Crippen molar-refractivity contribution in [2.24, 2.45) is 5.92 Å².